The van der Waals surface area contributed by atoms with Gasteiger partial charge in [0.25, 0.3) is 0 Å². The molecule has 0 unspecified atom stereocenters. The molecule has 3 heterocycles. The van der Waals surface area contributed by atoms with Crippen LogP contribution in [-0.4, -0.2) is 16.5 Å². The number of anilines is 2. The zero-order valence-electron chi connectivity index (χ0n) is 16.7. The fourth-order valence-electron chi connectivity index (χ4n) is 4.96. The van der Waals surface area contributed by atoms with Crippen LogP contribution in [0, 0.1) is 0 Å². The summed E-state index contributed by atoms with van der Waals surface area (Å²) >= 11 is 8.04. The van der Waals surface area contributed by atoms with Crippen LogP contribution < -0.4 is 4.90 Å². The van der Waals surface area contributed by atoms with Crippen LogP contribution in [0.5, 0.6) is 0 Å². The molecule has 2 aliphatic rings. The Morgan fingerprint density at radius 3 is 2.63 bits per heavy atom. The minimum absolute atomic E-state index is 0.319. The lowest BCUT2D eigenvalue weighted by Crippen LogP contribution is -2.25. The van der Waals surface area contributed by atoms with E-state index in [0.717, 1.165) is 35.4 Å². The van der Waals surface area contributed by atoms with Crippen molar-refractivity contribution in [3.8, 4) is 11.1 Å². The standard InChI is InChI=1S/C25H22ClN3S/c26-25-27-23(29-13-5-9-17-7-3-4-10-21(17)29)22-20(15-30-24(22)28-25)19-12-11-16-6-1-2-8-18(16)14-19/h3-4,7,10-12,14-15H,1-2,5-6,8-9,13H2. The third-order valence-corrected chi connectivity index (χ3v) is 7.45. The van der Waals surface area contributed by atoms with Crippen molar-refractivity contribution in [2.75, 3.05) is 11.4 Å². The molecule has 1 aliphatic carbocycles. The maximum Gasteiger partial charge on any atom is 0.225 e. The number of para-hydroxylation sites is 1. The number of thiophene rings is 1. The van der Waals surface area contributed by atoms with Gasteiger partial charge in [-0.25, -0.2) is 4.98 Å². The molecule has 2 aromatic heterocycles. The number of aromatic nitrogens is 2. The lowest BCUT2D eigenvalue weighted by molar-refractivity contribution is 0.686. The van der Waals surface area contributed by atoms with Crippen molar-refractivity contribution in [2.45, 2.75) is 38.5 Å². The SMILES string of the molecule is Clc1nc(N2CCCc3ccccc32)c2c(-c3ccc4c(c3)CCCC4)csc2n1. The number of nitrogens with zero attached hydrogens (tertiary/aromatic N) is 3. The predicted molar refractivity (Wildman–Crippen MR) is 126 cm³/mol. The van der Waals surface area contributed by atoms with Crippen molar-refractivity contribution in [3.63, 3.8) is 0 Å². The maximum atomic E-state index is 6.38. The lowest BCUT2D eigenvalue weighted by Gasteiger charge is -2.31. The van der Waals surface area contributed by atoms with Crippen LogP contribution in [0.4, 0.5) is 11.5 Å². The Hall–Kier alpha value is -2.43. The Morgan fingerprint density at radius 2 is 1.70 bits per heavy atom. The number of rotatable bonds is 2. The second-order valence-corrected chi connectivity index (χ2v) is 9.42. The van der Waals surface area contributed by atoms with Gasteiger partial charge in [0.2, 0.25) is 5.28 Å². The molecule has 0 fully saturated rings. The van der Waals surface area contributed by atoms with Crippen LogP contribution >= 0.6 is 22.9 Å². The van der Waals surface area contributed by atoms with Gasteiger partial charge in [0.15, 0.2) is 0 Å². The summed E-state index contributed by atoms with van der Waals surface area (Å²) in [7, 11) is 0. The Balaban J connectivity index is 1.55. The average Bonchev–Trinajstić information content (AvgIpc) is 3.21. The molecule has 0 saturated carbocycles. The quantitative estimate of drug-likeness (QED) is 0.321. The van der Waals surface area contributed by atoms with Gasteiger partial charge >= 0.3 is 0 Å². The summed E-state index contributed by atoms with van der Waals surface area (Å²) in [6.07, 6.45) is 7.19. The number of halogens is 1. The third kappa shape index (κ3) is 3.01. The smallest absolute Gasteiger partial charge is 0.225 e. The molecule has 6 rings (SSSR count). The number of aryl methyl sites for hydroxylation is 3. The molecule has 0 N–H and O–H groups in total. The summed E-state index contributed by atoms with van der Waals surface area (Å²) < 4.78 is 0. The highest BCUT2D eigenvalue weighted by Crippen LogP contribution is 2.43. The second kappa shape index (κ2) is 7.36. The molecular weight excluding hydrogens is 410 g/mol. The van der Waals surface area contributed by atoms with Crippen molar-refractivity contribution in [2.24, 2.45) is 0 Å². The van der Waals surface area contributed by atoms with Gasteiger partial charge in [0.05, 0.1) is 5.39 Å². The van der Waals surface area contributed by atoms with E-state index in [1.165, 1.54) is 59.2 Å². The van der Waals surface area contributed by atoms with Gasteiger partial charge in [-0.05, 0) is 78.4 Å². The average molecular weight is 432 g/mol. The van der Waals surface area contributed by atoms with Gasteiger partial charge in [-0.15, -0.1) is 11.3 Å². The largest absolute Gasteiger partial charge is 0.325 e. The zero-order valence-corrected chi connectivity index (χ0v) is 18.3. The van der Waals surface area contributed by atoms with Gasteiger partial charge in [-0.3, -0.25) is 0 Å². The van der Waals surface area contributed by atoms with Crippen molar-refractivity contribution < 1.29 is 0 Å². The van der Waals surface area contributed by atoms with E-state index in [4.69, 9.17) is 16.6 Å². The molecular formula is C25H22ClN3S. The molecule has 0 saturated heterocycles. The molecule has 0 radical (unpaired) electrons. The van der Waals surface area contributed by atoms with Gasteiger partial charge < -0.3 is 4.90 Å². The fourth-order valence-corrected chi connectivity index (χ4v) is 6.12. The summed E-state index contributed by atoms with van der Waals surface area (Å²) in [6.45, 7) is 0.943. The van der Waals surface area contributed by atoms with Crippen LogP contribution in [-0.2, 0) is 19.3 Å². The van der Waals surface area contributed by atoms with Gasteiger partial charge in [-0.1, -0.05) is 36.4 Å². The van der Waals surface area contributed by atoms with Crippen LogP contribution in [0.25, 0.3) is 21.3 Å². The van der Waals surface area contributed by atoms with E-state index in [1.54, 1.807) is 11.3 Å². The Kier molecular flexibility index (Phi) is 4.50. The molecule has 0 spiro atoms. The van der Waals surface area contributed by atoms with Crippen molar-refractivity contribution in [1.29, 1.82) is 0 Å². The summed E-state index contributed by atoms with van der Waals surface area (Å²) in [5, 5.41) is 3.66. The summed E-state index contributed by atoms with van der Waals surface area (Å²) in [5.41, 5.74) is 8.10. The minimum atomic E-state index is 0.319. The normalized spacial score (nSPS) is 15.8. The molecule has 0 bridgehead atoms. The van der Waals surface area contributed by atoms with Crippen LogP contribution in [0.2, 0.25) is 5.28 Å². The van der Waals surface area contributed by atoms with Gasteiger partial charge in [0.1, 0.15) is 10.6 Å². The summed E-state index contributed by atoms with van der Waals surface area (Å²) in [4.78, 5) is 12.6. The molecule has 3 nitrogen and oxygen atoms in total. The van der Waals surface area contributed by atoms with E-state index in [0.29, 0.717) is 5.28 Å². The van der Waals surface area contributed by atoms with Crippen LogP contribution in [0.15, 0.2) is 47.8 Å². The third-order valence-electron chi connectivity index (χ3n) is 6.41. The molecule has 30 heavy (non-hydrogen) atoms. The lowest BCUT2D eigenvalue weighted by atomic mass is 9.89. The van der Waals surface area contributed by atoms with E-state index in [-0.39, 0.29) is 0 Å². The van der Waals surface area contributed by atoms with Crippen LogP contribution in [0.1, 0.15) is 36.0 Å². The first-order valence-electron chi connectivity index (χ1n) is 10.7. The Morgan fingerprint density at radius 1 is 0.867 bits per heavy atom. The minimum Gasteiger partial charge on any atom is -0.325 e. The molecule has 0 amide bonds. The fraction of sp³-hybridized carbons (Fsp3) is 0.280. The summed E-state index contributed by atoms with van der Waals surface area (Å²) in [6, 6.07) is 15.6. The predicted octanol–water partition coefficient (Wildman–Crippen LogP) is 6.97. The van der Waals surface area contributed by atoms with E-state index in [1.807, 2.05) is 0 Å². The molecule has 4 aromatic rings. The molecule has 2 aromatic carbocycles. The Bertz CT molecular complexity index is 1260. The number of benzene rings is 2. The van der Waals surface area contributed by atoms with Gasteiger partial charge in [0, 0.05) is 23.2 Å². The van der Waals surface area contributed by atoms with Crippen LogP contribution in [0.3, 0.4) is 0 Å². The van der Waals surface area contributed by atoms with Crippen molar-refractivity contribution >= 4 is 44.7 Å². The van der Waals surface area contributed by atoms with E-state index in [9.17, 15) is 0 Å². The second-order valence-electron chi connectivity index (χ2n) is 8.22. The first-order chi connectivity index (χ1) is 14.8. The zero-order chi connectivity index (χ0) is 20.1. The van der Waals surface area contributed by atoms with E-state index >= 15 is 0 Å². The number of hydrogen-bond donors (Lipinski definition) is 0. The number of fused-ring (bicyclic) bond motifs is 3. The molecule has 5 heteroatoms. The monoisotopic (exact) mass is 431 g/mol. The Labute approximate surface area is 185 Å². The van der Waals surface area contributed by atoms with Crippen molar-refractivity contribution in [3.05, 3.63) is 69.8 Å². The molecule has 1 aliphatic heterocycles. The topological polar surface area (TPSA) is 29.0 Å². The highest BCUT2D eigenvalue weighted by Gasteiger charge is 2.24. The maximum absolute atomic E-state index is 6.38. The molecule has 150 valence electrons. The van der Waals surface area contributed by atoms with Gasteiger partial charge in [-0.2, -0.15) is 4.98 Å². The summed E-state index contributed by atoms with van der Waals surface area (Å²) in [5.74, 6) is 0.936. The highest BCUT2D eigenvalue weighted by atomic mass is 35.5. The first kappa shape index (κ1) is 18.3. The van der Waals surface area contributed by atoms with E-state index < -0.39 is 0 Å². The first-order valence-corrected chi connectivity index (χ1v) is 12.0. The highest BCUT2D eigenvalue weighted by molar-refractivity contribution is 7.17. The van der Waals surface area contributed by atoms with E-state index in [2.05, 4.69) is 57.7 Å². The van der Waals surface area contributed by atoms with Crippen molar-refractivity contribution in [1.82, 2.24) is 9.97 Å². The number of hydrogen-bond acceptors (Lipinski definition) is 4. The molecule has 0 atom stereocenters.